The highest BCUT2D eigenvalue weighted by molar-refractivity contribution is 14.1. The summed E-state index contributed by atoms with van der Waals surface area (Å²) in [6.45, 7) is 2.69. The maximum Gasteiger partial charge on any atom is 0.138 e. The molecule has 23 heavy (non-hydrogen) atoms. The van der Waals surface area contributed by atoms with E-state index in [0.29, 0.717) is 6.61 Å². The zero-order valence-electron chi connectivity index (χ0n) is 12.8. The van der Waals surface area contributed by atoms with E-state index in [1.54, 1.807) is 11.3 Å². The van der Waals surface area contributed by atoms with Gasteiger partial charge in [0.2, 0.25) is 0 Å². The second-order valence-corrected chi connectivity index (χ2v) is 7.54. The molecule has 0 spiro atoms. The first-order valence-corrected chi connectivity index (χ1v) is 10.1. The molecule has 0 bridgehead atoms. The van der Waals surface area contributed by atoms with E-state index in [2.05, 4.69) is 41.6 Å². The quantitative estimate of drug-likeness (QED) is 0.301. The predicted octanol–water partition coefficient (Wildman–Crippen LogP) is 7.09. The van der Waals surface area contributed by atoms with Crippen molar-refractivity contribution in [3.63, 3.8) is 0 Å². The van der Waals surface area contributed by atoms with Gasteiger partial charge in [-0.2, -0.15) is 0 Å². The molecule has 0 amide bonds. The van der Waals surface area contributed by atoms with Crippen molar-refractivity contribution in [2.75, 3.05) is 4.43 Å². The van der Waals surface area contributed by atoms with Gasteiger partial charge in [-0.05, 0) is 39.1 Å². The summed E-state index contributed by atoms with van der Waals surface area (Å²) in [5.41, 5.74) is 2.26. The third kappa shape index (κ3) is 5.83. The Labute approximate surface area is 160 Å². The predicted molar refractivity (Wildman–Crippen MR) is 110 cm³/mol. The average molecular weight is 457 g/mol. The van der Waals surface area contributed by atoms with Gasteiger partial charge in [-0.1, -0.05) is 83.6 Å². The van der Waals surface area contributed by atoms with E-state index in [9.17, 15) is 0 Å². The van der Waals surface area contributed by atoms with Gasteiger partial charge in [-0.15, -0.1) is 11.3 Å². The summed E-state index contributed by atoms with van der Waals surface area (Å²) >= 11 is 10.0. The van der Waals surface area contributed by atoms with E-state index in [4.69, 9.17) is 16.3 Å². The summed E-state index contributed by atoms with van der Waals surface area (Å²) in [5, 5.41) is 2.78. The van der Waals surface area contributed by atoms with Crippen molar-refractivity contribution < 1.29 is 4.74 Å². The average Bonchev–Trinajstić information content (AvgIpc) is 3.03. The van der Waals surface area contributed by atoms with Crippen molar-refractivity contribution in [3.8, 4) is 16.2 Å². The van der Waals surface area contributed by atoms with Crippen LogP contribution in [0.5, 0.6) is 5.75 Å². The molecular formula is C19H18ClIOS. The van der Waals surface area contributed by atoms with Gasteiger partial charge in [0.05, 0.1) is 4.88 Å². The molecular weight excluding hydrogens is 439 g/mol. The first-order valence-electron chi connectivity index (χ1n) is 7.30. The van der Waals surface area contributed by atoms with Crippen molar-refractivity contribution in [2.24, 2.45) is 0 Å². The lowest BCUT2D eigenvalue weighted by molar-refractivity contribution is 0.309. The molecule has 0 atom stereocenters. The maximum absolute atomic E-state index is 6.05. The first-order chi connectivity index (χ1) is 11.2. The number of hydrogen-bond acceptors (Lipinski definition) is 2. The highest BCUT2D eigenvalue weighted by Gasteiger charge is 2.08. The SMILES string of the molecule is CCI.Clc1cccc(-c2sccc2OCc2ccccc2)c1. The van der Waals surface area contributed by atoms with E-state index >= 15 is 0 Å². The van der Waals surface area contributed by atoms with Crippen LogP contribution in [0.2, 0.25) is 5.02 Å². The van der Waals surface area contributed by atoms with Crippen LogP contribution in [0.1, 0.15) is 12.5 Å². The van der Waals surface area contributed by atoms with Crippen LogP contribution in [0, 0.1) is 0 Å². The van der Waals surface area contributed by atoms with Gasteiger partial charge in [0.25, 0.3) is 0 Å². The fourth-order valence-corrected chi connectivity index (χ4v) is 3.01. The molecule has 0 aliphatic heterocycles. The molecule has 0 unspecified atom stereocenters. The molecule has 4 heteroatoms. The van der Waals surface area contributed by atoms with Gasteiger partial charge < -0.3 is 4.74 Å². The first kappa shape index (κ1) is 18.3. The van der Waals surface area contributed by atoms with Crippen molar-refractivity contribution in [2.45, 2.75) is 13.5 Å². The molecule has 1 aromatic heterocycles. The maximum atomic E-state index is 6.05. The van der Waals surface area contributed by atoms with Crippen molar-refractivity contribution in [3.05, 3.63) is 76.6 Å². The molecule has 0 fully saturated rings. The minimum Gasteiger partial charge on any atom is -0.487 e. The minimum absolute atomic E-state index is 0.575. The van der Waals surface area contributed by atoms with Crippen LogP contribution in [-0.4, -0.2) is 4.43 Å². The zero-order valence-corrected chi connectivity index (χ0v) is 16.6. The summed E-state index contributed by atoms with van der Waals surface area (Å²) in [5.74, 6) is 0.904. The largest absolute Gasteiger partial charge is 0.487 e. The van der Waals surface area contributed by atoms with E-state index in [1.807, 2.05) is 53.9 Å². The van der Waals surface area contributed by atoms with Gasteiger partial charge >= 0.3 is 0 Å². The third-order valence-electron chi connectivity index (χ3n) is 2.95. The second-order valence-electron chi connectivity index (χ2n) is 4.67. The lowest BCUT2D eigenvalue weighted by Gasteiger charge is -2.07. The van der Waals surface area contributed by atoms with E-state index < -0.39 is 0 Å². The van der Waals surface area contributed by atoms with Crippen LogP contribution in [0.3, 0.4) is 0 Å². The summed E-state index contributed by atoms with van der Waals surface area (Å²) < 4.78 is 7.14. The molecule has 1 heterocycles. The Balaban J connectivity index is 0.000000595. The van der Waals surface area contributed by atoms with Gasteiger partial charge in [0.15, 0.2) is 0 Å². The zero-order chi connectivity index (χ0) is 16.5. The molecule has 0 radical (unpaired) electrons. The van der Waals surface area contributed by atoms with Crippen LogP contribution in [0.25, 0.3) is 10.4 Å². The van der Waals surface area contributed by atoms with Gasteiger partial charge in [0.1, 0.15) is 12.4 Å². The highest BCUT2D eigenvalue weighted by atomic mass is 127. The number of thiophene rings is 1. The molecule has 0 aliphatic carbocycles. The third-order valence-corrected chi connectivity index (χ3v) is 4.13. The van der Waals surface area contributed by atoms with Crippen molar-refractivity contribution >= 4 is 45.5 Å². The van der Waals surface area contributed by atoms with E-state index in [0.717, 1.165) is 26.8 Å². The highest BCUT2D eigenvalue weighted by Crippen LogP contribution is 2.36. The number of alkyl halides is 1. The fraction of sp³-hybridized carbons (Fsp3) is 0.158. The Morgan fingerprint density at radius 3 is 2.48 bits per heavy atom. The number of benzene rings is 2. The van der Waals surface area contributed by atoms with Crippen LogP contribution in [-0.2, 0) is 6.61 Å². The summed E-state index contributed by atoms with van der Waals surface area (Å²) in [4.78, 5) is 1.11. The van der Waals surface area contributed by atoms with Crippen LogP contribution >= 0.6 is 45.5 Å². The van der Waals surface area contributed by atoms with Gasteiger partial charge in [0, 0.05) is 5.02 Å². The number of hydrogen-bond donors (Lipinski definition) is 0. The molecule has 3 aromatic rings. The second kappa shape index (κ2) is 9.96. The molecule has 0 saturated heterocycles. The number of rotatable bonds is 4. The Kier molecular flexibility index (Phi) is 7.92. The smallest absolute Gasteiger partial charge is 0.138 e. The lowest BCUT2D eigenvalue weighted by atomic mass is 10.2. The number of halogens is 2. The minimum atomic E-state index is 0.575. The van der Waals surface area contributed by atoms with Crippen molar-refractivity contribution in [1.29, 1.82) is 0 Å². The Morgan fingerprint density at radius 1 is 1.04 bits per heavy atom. The molecule has 3 rings (SSSR count). The Bertz CT molecular complexity index is 712. The monoisotopic (exact) mass is 456 g/mol. The van der Waals surface area contributed by atoms with Crippen molar-refractivity contribution in [1.82, 2.24) is 0 Å². The molecule has 0 aliphatic rings. The van der Waals surface area contributed by atoms with Crippen LogP contribution in [0.15, 0.2) is 66.0 Å². The summed E-state index contributed by atoms with van der Waals surface area (Å²) in [7, 11) is 0. The Morgan fingerprint density at radius 2 is 1.78 bits per heavy atom. The summed E-state index contributed by atoms with van der Waals surface area (Å²) in [6, 6.07) is 20.0. The molecule has 1 nitrogen and oxygen atoms in total. The summed E-state index contributed by atoms with van der Waals surface area (Å²) in [6.07, 6.45) is 0. The van der Waals surface area contributed by atoms with Gasteiger partial charge in [-0.3, -0.25) is 0 Å². The van der Waals surface area contributed by atoms with Crippen LogP contribution < -0.4 is 4.74 Å². The topological polar surface area (TPSA) is 9.23 Å². The number of ether oxygens (including phenoxy) is 1. The lowest BCUT2D eigenvalue weighted by Crippen LogP contribution is -1.94. The van der Waals surface area contributed by atoms with E-state index in [1.165, 1.54) is 4.43 Å². The Hall–Kier alpha value is -1.04. The molecule has 2 aromatic carbocycles. The fourth-order valence-electron chi connectivity index (χ4n) is 1.99. The normalized spacial score (nSPS) is 9.87. The van der Waals surface area contributed by atoms with E-state index in [-0.39, 0.29) is 0 Å². The molecule has 0 saturated carbocycles. The molecule has 0 N–H and O–H groups in total. The standard InChI is InChI=1S/C17H13ClOS.C2H5I/c18-15-8-4-7-14(11-15)17-16(9-10-20-17)19-12-13-5-2-1-3-6-13;1-2-3/h1-11H,12H2;2H2,1H3. The van der Waals surface area contributed by atoms with Gasteiger partial charge in [-0.25, -0.2) is 0 Å². The van der Waals surface area contributed by atoms with Crippen LogP contribution in [0.4, 0.5) is 0 Å². The molecule has 120 valence electrons.